The Kier molecular flexibility index (Phi) is 4.96. The molecule has 124 valence electrons. The summed E-state index contributed by atoms with van der Waals surface area (Å²) < 4.78 is 10.8. The summed E-state index contributed by atoms with van der Waals surface area (Å²) in [5, 5.41) is 4.70. The molecule has 1 N–H and O–H groups in total. The Morgan fingerprint density at radius 1 is 1.29 bits per heavy atom. The lowest BCUT2D eigenvalue weighted by Gasteiger charge is -2.19. The third kappa shape index (κ3) is 3.83. The molecule has 0 aliphatic carbocycles. The predicted octanol–water partition coefficient (Wildman–Crippen LogP) is 2.77. The number of ether oxygens (including phenoxy) is 2. The number of benzene rings is 1. The van der Waals surface area contributed by atoms with E-state index in [0.29, 0.717) is 12.1 Å². The van der Waals surface area contributed by atoms with Crippen molar-refractivity contribution in [2.45, 2.75) is 19.6 Å². The van der Waals surface area contributed by atoms with Crippen LogP contribution in [0.15, 0.2) is 47.4 Å². The summed E-state index contributed by atoms with van der Waals surface area (Å²) in [6.07, 6.45) is 0.868. The first-order chi connectivity index (χ1) is 11.6. The van der Waals surface area contributed by atoms with Gasteiger partial charge in [-0.2, -0.15) is 0 Å². The van der Waals surface area contributed by atoms with Crippen LogP contribution in [0, 0.1) is 0 Å². The number of carbonyl (C=O) groups is 2. The molecule has 1 aromatic heterocycles. The Morgan fingerprint density at radius 2 is 2.12 bits per heavy atom. The predicted molar refractivity (Wildman–Crippen MR) is 91.6 cm³/mol. The Labute approximate surface area is 143 Å². The summed E-state index contributed by atoms with van der Waals surface area (Å²) in [5.41, 5.74) is 1.22. The van der Waals surface area contributed by atoms with Gasteiger partial charge in [0.15, 0.2) is 6.10 Å². The minimum atomic E-state index is -0.865. The number of esters is 1. The van der Waals surface area contributed by atoms with Crippen LogP contribution in [0.3, 0.4) is 0 Å². The van der Waals surface area contributed by atoms with Crippen LogP contribution >= 0.6 is 11.3 Å². The van der Waals surface area contributed by atoms with Gasteiger partial charge in [-0.15, -0.1) is 11.3 Å². The van der Waals surface area contributed by atoms with Crippen molar-refractivity contribution in [3.05, 3.63) is 57.8 Å². The molecular formula is C18H17NO4S. The zero-order valence-corrected chi connectivity index (χ0v) is 14.0. The van der Waals surface area contributed by atoms with Crippen LogP contribution in [0.25, 0.3) is 6.08 Å². The lowest BCUT2D eigenvalue weighted by Crippen LogP contribution is -2.36. The van der Waals surface area contributed by atoms with Crippen LogP contribution in [0.4, 0.5) is 0 Å². The van der Waals surface area contributed by atoms with E-state index >= 15 is 0 Å². The second-order valence-corrected chi connectivity index (χ2v) is 6.37. The standard InChI is InChI=1S/C18H17NO4S/c1-12(17(20)19-10-15-6-4-8-24-15)23-18(21)14-9-13-5-2-3-7-16(13)22-11-14/h2-9,12H,10-11H2,1H3,(H,19,20)/t12-/m0/s1. The van der Waals surface area contributed by atoms with Crippen molar-refractivity contribution in [1.29, 1.82) is 0 Å². The molecule has 0 unspecified atom stereocenters. The van der Waals surface area contributed by atoms with Crippen molar-refractivity contribution in [1.82, 2.24) is 5.32 Å². The van der Waals surface area contributed by atoms with Crippen LogP contribution in [0.2, 0.25) is 0 Å². The largest absolute Gasteiger partial charge is 0.488 e. The quantitative estimate of drug-likeness (QED) is 0.848. The van der Waals surface area contributed by atoms with Crippen molar-refractivity contribution in [2.75, 3.05) is 6.61 Å². The molecule has 0 radical (unpaired) electrons. The highest BCUT2D eigenvalue weighted by molar-refractivity contribution is 7.09. The molecule has 6 heteroatoms. The maximum Gasteiger partial charge on any atom is 0.338 e. The van der Waals surface area contributed by atoms with Gasteiger partial charge in [0.2, 0.25) is 0 Å². The van der Waals surface area contributed by atoms with E-state index in [9.17, 15) is 9.59 Å². The fraction of sp³-hybridized carbons (Fsp3) is 0.222. The number of thiophene rings is 1. The molecule has 0 bridgehead atoms. The third-order valence-corrected chi connectivity index (χ3v) is 4.44. The molecule has 2 aromatic rings. The van der Waals surface area contributed by atoms with E-state index in [-0.39, 0.29) is 12.5 Å². The number of hydrogen-bond acceptors (Lipinski definition) is 5. The van der Waals surface area contributed by atoms with E-state index in [4.69, 9.17) is 9.47 Å². The van der Waals surface area contributed by atoms with E-state index in [1.165, 1.54) is 0 Å². The average molecular weight is 343 g/mol. The van der Waals surface area contributed by atoms with Gasteiger partial charge in [-0.25, -0.2) is 4.79 Å². The van der Waals surface area contributed by atoms with Gasteiger partial charge >= 0.3 is 5.97 Å². The Balaban J connectivity index is 1.56. The molecule has 0 spiro atoms. The number of nitrogens with one attached hydrogen (secondary N) is 1. The topological polar surface area (TPSA) is 64.6 Å². The van der Waals surface area contributed by atoms with Gasteiger partial charge in [0.05, 0.1) is 12.1 Å². The molecule has 2 heterocycles. The second-order valence-electron chi connectivity index (χ2n) is 5.34. The monoisotopic (exact) mass is 343 g/mol. The molecule has 1 aliphatic rings. The van der Waals surface area contributed by atoms with E-state index in [2.05, 4.69) is 5.32 Å². The van der Waals surface area contributed by atoms with Gasteiger partial charge in [-0.05, 0) is 30.5 Å². The Hall–Kier alpha value is -2.60. The van der Waals surface area contributed by atoms with Crippen LogP contribution in [-0.2, 0) is 20.9 Å². The van der Waals surface area contributed by atoms with Crippen molar-refractivity contribution in [2.24, 2.45) is 0 Å². The van der Waals surface area contributed by atoms with E-state index < -0.39 is 12.1 Å². The summed E-state index contributed by atoms with van der Waals surface area (Å²) >= 11 is 1.56. The molecule has 24 heavy (non-hydrogen) atoms. The Morgan fingerprint density at radius 3 is 2.92 bits per heavy atom. The van der Waals surface area contributed by atoms with Gasteiger partial charge in [0.1, 0.15) is 12.4 Å². The smallest absolute Gasteiger partial charge is 0.338 e. The van der Waals surface area contributed by atoms with Gasteiger partial charge in [0.25, 0.3) is 5.91 Å². The maximum atomic E-state index is 12.2. The number of rotatable bonds is 5. The number of fused-ring (bicyclic) bond motifs is 1. The van der Waals surface area contributed by atoms with Crippen LogP contribution in [0.1, 0.15) is 17.4 Å². The summed E-state index contributed by atoms with van der Waals surface area (Å²) in [4.78, 5) is 25.3. The maximum absolute atomic E-state index is 12.2. The fourth-order valence-electron chi connectivity index (χ4n) is 2.25. The summed E-state index contributed by atoms with van der Waals surface area (Å²) in [6, 6.07) is 11.3. The van der Waals surface area contributed by atoms with E-state index in [1.807, 2.05) is 41.8 Å². The highest BCUT2D eigenvalue weighted by Gasteiger charge is 2.23. The molecule has 1 aromatic carbocycles. The Bertz CT molecular complexity index is 767. The average Bonchev–Trinajstić information content (AvgIpc) is 3.12. The summed E-state index contributed by atoms with van der Waals surface area (Å²) in [6.45, 7) is 2.12. The molecule has 0 saturated carbocycles. The first kappa shape index (κ1) is 16.3. The lowest BCUT2D eigenvalue weighted by atomic mass is 10.1. The van der Waals surface area contributed by atoms with E-state index in [0.717, 1.165) is 16.2 Å². The van der Waals surface area contributed by atoms with Crippen molar-refractivity contribution in [3.8, 4) is 5.75 Å². The highest BCUT2D eigenvalue weighted by Crippen LogP contribution is 2.26. The van der Waals surface area contributed by atoms with Crippen LogP contribution in [-0.4, -0.2) is 24.6 Å². The molecule has 5 nitrogen and oxygen atoms in total. The molecule has 0 saturated heterocycles. The first-order valence-corrected chi connectivity index (χ1v) is 8.45. The SMILES string of the molecule is C[C@H](OC(=O)C1=Cc2ccccc2OC1)C(=O)NCc1cccs1. The molecule has 1 aliphatic heterocycles. The van der Waals surface area contributed by atoms with Crippen molar-refractivity contribution < 1.29 is 19.1 Å². The molecule has 0 fully saturated rings. The minimum absolute atomic E-state index is 0.138. The van der Waals surface area contributed by atoms with Crippen LogP contribution in [0.5, 0.6) is 5.75 Å². The van der Waals surface area contributed by atoms with E-state index in [1.54, 1.807) is 24.3 Å². The molecule has 1 amide bonds. The number of amides is 1. The zero-order chi connectivity index (χ0) is 16.9. The number of para-hydroxylation sites is 1. The summed E-state index contributed by atoms with van der Waals surface area (Å²) in [5.74, 6) is -0.131. The van der Waals surface area contributed by atoms with Crippen molar-refractivity contribution in [3.63, 3.8) is 0 Å². The third-order valence-electron chi connectivity index (χ3n) is 3.56. The second kappa shape index (κ2) is 7.31. The van der Waals surface area contributed by atoms with Crippen LogP contribution < -0.4 is 10.1 Å². The fourth-order valence-corrected chi connectivity index (χ4v) is 2.90. The molecular weight excluding hydrogens is 326 g/mol. The minimum Gasteiger partial charge on any atom is -0.488 e. The van der Waals surface area contributed by atoms with Gasteiger partial charge in [-0.3, -0.25) is 4.79 Å². The molecule has 3 rings (SSSR count). The van der Waals surface area contributed by atoms with Gasteiger partial charge in [-0.1, -0.05) is 24.3 Å². The van der Waals surface area contributed by atoms with Crippen molar-refractivity contribution >= 4 is 29.3 Å². The normalized spacial score (nSPS) is 14.0. The number of carbonyl (C=O) groups excluding carboxylic acids is 2. The summed E-state index contributed by atoms with van der Waals surface area (Å²) in [7, 11) is 0. The number of hydrogen-bond donors (Lipinski definition) is 1. The first-order valence-electron chi connectivity index (χ1n) is 7.57. The highest BCUT2D eigenvalue weighted by atomic mass is 32.1. The zero-order valence-electron chi connectivity index (χ0n) is 13.2. The molecule has 1 atom stereocenters. The van der Waals surface area contributed by atoms with Gasteiger partial charge in [0, 0.05) is 10.4 Å². The van der Waals surface area contributed by atoms with Gasteiger partial charge < -0.3 is 14.8 Å². The lowest BCUT2D eigenvalue weighted by molar-refractivity contribution is -0.151.